The van der Waals surface area contributed by atoms with E-state index in [0.717, 1.165) is 30.8 Å². The third-order valence-corrected chi connectivity index (χ3v) is 4.57. The molecule has 1 atom stereocenters. The molecular formula is C18H26N6O2. The smallest absolute Gasteiger partial charge is 0.323 e. The topological polar surface area (TPSA) is 96.0 Å². The molecule has 2 amide bonds. The number of nitrogens with one attached hydrogen (secondary N) is 2. The fourth-order valence-electron chi connectivity index (χ4n) is 3.13. The second-order valence-corrected chi connectivity index (χ2v) is 6.91. The molecule has 2 aromatic rings. The van der Waals surface area contributed by atoms with Gasteiger partial charge in [-0.25, -0.2) is 14.8 Å². The van der Waals surface area contributed by atoms with Gasteiger partial charge in [0, 0.05) is 38.0 Å². The number of methoxy groups -OCH3 is 1. The van der Waals surface area contributed by atoms with Gasteiger partial charge < -0.3 is 9.64 Å². The largest absolute Gasteiger partial charge is 0.377 e. The van der Waals surface area contributed by atoms with E-state index >= 15 is 0 Å². The van der Waals surface area contributed by atoms with Gasteiger partial charge in [-0.3, -0.25) is 10.4 Å². The third-order valence-electron chi connectivity index (χ3n) is 4.57. The predicted molar refractivity (Wildman–Crippen MR) is 98.0 cm³/mol. The number of carbonyl (C=O) groups excluding carboxylic acids is 1. The first-order chi connectivity index (χ1) is 12.6. The van der Waals surface area contributed by atoms with Crippen molar-refractivity contribution in [3.8, 4) is 0 Å². The third kappa shape index (κ3) is 4.37. The Morgan fingerprint density at radius 2 is 2.35 bits per heavy atom. The van der Waals surface area contributed by atoms with Crippen LogP contribution in [-0.4, -0.2) is 51.3 Å². The summed E-state index contributed by atoms with van der Waals surface area (Å²) in [7, 11) is 1.59. The van der Waals surface area contributed by atoms with E-state index in [0.29, 0.717) is 30.7 Å². The van der Waals surface area contributed by atoms with Gasteiger partial charge in [0.15, 0.2) is 5.82 Å². The number of nitrogens with zero attached hydrogens (tertiary/aromatic N) is 4. The number of hydrogen-bond donors (Lipinski definition) is 2. The molecule has 2 aromatic heterocycles. The quantitative estimate of drug-likeness (QED) is 0.857. The number of likely N-dealkylation sites (tertiary alicyclic amines) is 1. The molecule has 0 saturated carbocycles. The molecule has 0 aliphatic carbocycles. The maximum absolute atomic E-state index is 12.6. The number of hydrogen-bond acceptors (Lipinski definition) is 5. The van der Waals surface area contributed by atoms with Gasteiger partial charge >= 0.3 is 6.03 Å². The lowest BCUT2D eigenvalue weighted by molar-refractivity contribution is 0.177. The Morgan fingerprint density at radius 1 is 1.50 bits per heavy atom. The van der Waals surface area contributed by atoms with Crippen LogP contribution in [0.25, 0.3) is 0 Å². The van der Waals surface area contributed by atoms with E-state index in [1.165, 1.54) is 0 Å². The van der Waals surface area contributed by atoms with Crippen LogP contribution in [-0.2, 0) is 11.3 Å². The number of piperidine rings is 1. The highest BCUT2D eigenvalue weighted by molar-refractivity contribution is 5.88. The Hall–Kier alpha value is -2.48. The van der Waals surface area contributed by atoms with E-state index < -0.39 is 0 Å². The maximum atomic E-state index is 12.6. The Balaban J connectivity index is 1.63. The molecule has 1 unspecified atom stereocenters. The van der Waals surface area contributed by atoms with Crippen molar-refractivity contribution in [3.05, 3.63) is 35.5 Å². The summed E-state index contributed by atoms with van der Waals surface area (Å²) in [5, 5.41) is 10.4. The molecule has 1 saturated heterocycles. The number of ether oxygens (including phenoxy) is 1. The summed E-state index contributed by atoms with van der Waals surface area (Å²) >= 11 is 0. The number of amides is 2. The van der Waals surface area contributed by atoms with Crippen LogP contribution in [0, 0.1) is 0 Å². The number of rotatable bonds is 5. The summed E-state index contributed by atoms with van der Waals surface area (Å²) in [6.07, 6.45) is 3.63. The van der Waals surface area contributed by atoms with Crippen LogP contribution in [0.15, 0.2) is 18.3 Å². The standard InChI is InChI=1S/C18H26N6O2/c1-12(2)14-9-15(23-22-14)13-5-4-8-24(10-13)18(25)21-16-6-7-19-17(20-16)11-26-3/h6-7,9,12-13H,4-5,8,10-11H2,1-3H3,(H,22,23)(H,19,20,21,25). The predicted octanol–water partition coefficient (Wildman–Crippen LogP) is 2.88. The first kappa shape index (κ1) is 18.3. The summed E-state index contributed by atoms with van der Waals surface area (Å²) in [6.45, 7) is 5.97. The second kappa shape index (κ2) is 8.27. The van der Waals surface area contributed by atoms with E-state index in [4.69, 9.17) is 4.74 Å². The zero-order chi connectivity index (χ0) is 18.5. The zero-order valence-corrected chi connectivity index (χ0v) is 15.5. The summed E-state index contributed by atoms with van der Waals surface area (Å²) in [5.74, 6) is 1.70. The average Bonchev–Trinajstić information content (AvgIpc) is 3.13. The van der Waals surface area contributed by atoms with Gasteiger partial charge in [0.05, 0.1) is 5.69 Å². The van der Waals surface area contributed by atoms with Crippen LogP contribution in [0.5, 0.6) is 0 Å². The number of H-pyrrole nitrogens is 1. The Labute approximate surface area is 153 Å². The van der Waals surface area contributed by atoms with Crippen LogP contribution in [0.1, 0.15) is 55.7 Å². The molecule has 1 aliphatic heterocycles. The lowest BCUT2D eigenvalue weighted by Gasteiger charge is -2.32. The van der Waals surface area contributed by atoms with Gasteiger partial charge in [-0.1, -0.05) is 13.8 Å². The number of aromatic amines is 1. The number of aromatic nitrogens is 4. The van der Waals surface area contributed by atoms with Crippen molar-refractivity contribution in [3.63, 3.8) is 0 Å². The first-order valence-corrected chi connectivity index (χ1v) is 8.98. The summed E-state index contributed by atoms with van der Waals surface area (Å²) in [6, 6.07) is 3.67. The SMILES string of the molecule is COCc1nccc(NC(=O)N2CCCC(c3cc(C(C)C)n[nH]3)C2)n1. The van der Waals surface area contributed by atoms with E-state index in [9.17, 15) is 4.79 Å². The van der Waals surface area contributed by atoms with E-state index in [1.807, 2.05) is 4.90 Å². The summed E-state index contributed by atoms with van der Waals surface area (Å²) in [5.41, 5.74) is 2.17. The van der Waals surface area contributed by atoms with Crippen molar-refractivity contribution in [2.75, 3.05) is 25.5 Å². The van der Waals surface area contributed by atoms with Crippen LogP contribution in [0.4, 0.5) is 10.6 Å². The summed E-state index contributed by atoms with van der Waals surface area (Å²) in [4.78, 5) is 22.9. The van der Waals surface area contributed by atoms with Crippen LogP contribution in [0.3, 0.4) is 0 Å². The van der Waals surface area contributed by atoms with Crippen LogP contribution >= 0.6 is 0 Å². The molecule has 3 heterocycles. The molecule has 8 nitrogen and oxygen atoms in total. The van der Waals surface area contributed by atoms with Crippen molar-refractivity contribution >= 4 is 11.8 Å². The van der Waals surface area contributed by atoms with Crippen molar-refractivity contribution in [1.29, 1.82) is 0 Å². The normalized spacial score (nSPS) is 17.5. The number of carbonyl (C=O) groups is 1. The van der Waals surface area contributed by atoms with Crippen molar-refractivity contribution in [1.82, 2.24) is 25.1 Å². The van der Waals surface area contributed by atoms with Crippen LogP contribution < -0.4 is 5.32 Å². The fourth-order valence-corrected chi connectivity index (χ4v) is 3.13. The minimum atomic E-state index is -0.139. The molecule has 140 valence electrons. The van der Waals surface area contributed by atoms with Crippen molar-refractivity contribution in [2.24, 2.45) is 0 Å². The highest BCUT2D eigenvalue weighted by Gasteiger charge is 2.26. The van der Waals surface area contributed by atoms with E-state index in [2.05, 4.69) is 45.4 Å². The lowest BCUT2D eigenvalue weighted by Crippen LogP contribution is -2.41. The average molecular weight is 358 g/mol. The van der Waals surface area contributed by atoms with Gasteiger partial charge in [0.25, 0.3) is 0 Å². The Bertz CT molecular complexity index is 745. The van der Waals surface area contributed by atoms with Gasteiger partial charge in [0.2, 0.25) is 0 Å². The highest BCUT2D eigenvalue weighted by Crippen LogP contribution is 2.27. The van der Waals surface area contributed by atoms with Gasteiger partial charge in [-0.05, 0) is 30.9 Å². The van der Waals surface area contributed by atoms with E-state index in [-0.39, 0.29) is 11.9 Å². The monoisotopic (exact) mass is 358 g/mol. The molecule has 0 radical (unpaired) electrons. The van der Waals surface area contributed by atoms with Crippen molar-refractivity contribution in [2.45, 2.75) is 45.1 Å². The molecule has 8 heteroatoms. The molecule has 0 aromatic carbocycles. The van der Waals surface area contributed by atoms with Gasteiger partial charge in [-0.15, -0.1) is 0 Å². The number of urea groups is 1. The molecule has 1 fully saturated rings. The highest BCUT2D eigenvalue weighted by atomic mass is 16.5. The van der Waals surface area contributed by atoms with Crippen LogP contribution in [0.2, 0.25) is 0 Å². The fraction of sp³-hybridized carbons (Fsp3) is 0.556. The Morgan fingerprint density at radius 3 is 3.08 bits per heavy atom. The summed E-state index contributed by atoms with van der Waals surface area (Å²) < 4.78 is 5.03. The van der Waals surface area contributed by atoms with E-state index in [1.54, 1.807) is 19.4 Å². The second-order valence-electron chi connectivity index (χ2n) is 6.91. The molecule has 2 N–H and O–H groups in total. The molecule has 0 bridgehead atoms. The van der Waals surface area contributed by atoms with Gasteiger partial charge in [0.1, 0.15) is 12.4 Å². The molecule has 1 aliphatic rings. The molecule has 0 spiro atoms. The molecule has 26 heavy (non-hydrogen) atoms. The number of anilines is 1. The maximum Gasteiger partial charge on any atom is 0.323 e. The lowest BCUT2D eigenvalue weighted by atomic mass is 9.94. The minimum Gasteiger partial charge on any atom is -0.377 e. The minimum absolute atomic E-state index is 0.139. The molecule has 3 rings (SSSR count). The Kier molecular flexibility index (Phi) is 5.82. The zero-order valence-electron chi connectivity index (χ0n) is 15.5. The van der Waals surface area contributed by atoms with Gasteiger partial charge in [-0.2, -0.15) is 5.10 Å². The van der Waals surface area contributed by atoms with Crippen molar-refractivity contribution < 1.29 is 9.53 Å². The molecular weight excluding hydrogens is 332 g/mol. The first-order valence-electron chi connectivity index (χ1n) is 8.98.